The fourth-order valence-corrected chi connectivity index (χ4v) is 5.53. The number of aromatic nitrogens is 1. The molecule has 0 aliphatic carbocycles. The minimum Gasteiger partial charge on any atom is -0.497 e. The molecular formula is C32H26N2O5S. The lowest BCUT2D eigenvalue weighted by atomic mass is 9.93. The second kappa shape index (κ2) is 11.9. The summed E-state index contributed by atoms with van der Waals surface area (Å²) in [7, 11) is 1.58. The van der Waals surface area contributed by atoms with E-state index in [0.717, 1.165) is 11.1 Å². The molecule has 2 heterocycles. The molecule has 200 valence electrons. The molecule has 0 bridgehead atoms. The van der Waals surface area contributed by atoms with E-state index < -0.39 is 12.0 Å². The number of rotatable bonds is 8. The van der Waals surface area contributed by atoms with Crippen molar-refractivity contribution < 1.29 is 19.0 Å². The van der Waals surface area contributed by atoms with Gasteiger partial charge >= 0.3 is 5.97 Å². The molecule has 4 aromatic rings. The highest BCUT2D eigenvalue weighted by molar-refractivity contribution is 7.07. The van der Waals surface area contributed by atoms with Crippen LogP contribution in [0.5, 0.6) is 11.5 Å². The molecule has 1 aliphatic rings. The minimum atomic E-state index is -0.772. The molecule has 3 aromatic carbocycles. The molecule has 40 heavy (non-hydrogen) atoms. The van der Waals surface area contributed by atoms with Gasteiger partial charge in [0.25, 0.3) is 5.56 Å². The van der Waals surface area contributed by atoms with Gasteiger partial charge in [-0.25, -0.2) is 9.79 Å². The second-order valence-electron chi connectivity index (χ2n) is 8.74. The monoisotopic (exact) mass is 550 g/mol. The van der Waals surface area contributed by atoms with E-state index >= 15 is 0 Å². The van der Waals surface area contributed by atoms with Gasteiger partial charge < -0.3 is 14.2 Å². The van der Waals surface area contributed by atoms with Crippen molar-refractivity contribution >= 4 is 29.1 Å². The predicted octanol–water partition coefficient (Wildman–Crippen LogP) is 3.96. The van der Waals surface area contributed by atoms with E-state index in [-0.39, 0.29) is 24.3 Å². The fraction of sp³-hybridized carbons (Fsp3) is 0.156. The van der Waals surface area contributed by atoms with Crippen LogP contribution in [0.3, 0.4) is 0 Å². The number of carbonyl (C=O) groups excluding carboxylic acids is 1. The lowest BCUT2D eigenvalue weighted by molar-refractivity contribution is -0.138. The number of methoxy groups -OCH3 is 1. The summed E-state index contributed by atoms with van der Waals surface area (Å²) in [6, 6.07) is 23.3. The SMILES string of the molecule is C#CCOc1ccccc1/C=c1\sc2n(c1=O)[C@H](c1ccc(OC)cc1)C(C(=O)OCC)=C(c1ccccc1)N=2. The summed E-state index contributed by atoms with van der Waals surface area (Å²) in [4.78, 5) is 32.9. The number of hydrogen-bond donors (Lipinski definition) is 0. The standard InChI is InChI=1S/C32H26N2O5S/c1-4-19-39-25-14-10-9-13-23(25)20-26-30(35)34-29(22-15-17-24(37-3)18-16-22)27(31(36)38-5-2)28(33-32(34)40-26)21-11-7-6-8-12-21/h1,6-18,20,29H,5,19H2,2-3H3/b26-20-/t29-/m1/s1. The van der Waals surface area contributed by atoms with Gasteiger partial charge in [-0.05, 0) is 36.8 Å². The topological polar surface area (TPSA) is 79.1 Å². The molecule has 0 radical (unpaired) electrons. The Morgan fingerprint density at radius 1 is 1.07 bits per heavy atom. The van der Waals surface area contributed by atoms with Gasteiger partial charge in [-0.3, -0.25) is 9.36 Å². The highest BCUT2D eigenvalue weighted by Crippen LogP contribution is 2.35. The van der Waals surface area contributed by atoms with Gasteiger partial charge in [0.15, 0.2) is 4.80 Å². The number of terminal acetylenes is 1. The third-order valence-corrected chi connectivity index (χ3v) is 7.30. The van der Waals surface area contributed by atoms with E-state index in [1.54, 1.807) is 42.9 Å². The van der Waals surface area contributed by atoms with E-state index in [1.165, 1.54) is 11.3 Å². The number of fused-ring (bicyclic) bond motifs is 1. The number of thiazole rings is 1. The zero-order valence-electron chi connectivity index (χ0n) is 22.0. The Bertz CT molecular complexity index is 1790. The van der Waals surface area contributed by atoms with Crippen LogP contribution in [-0.4, -0.2) is 30.9 Å². The number of para-hydroxylation sites is 1. The third kappa shape index (κ3) is 5.20. The van der Waals surface area contributed by atoms with Gasteiger partial charge in [-0.1, -0.05) is 77.9 Å². The van der Waals surface area contributed by atoms with Crippen molar-refractivity contribution in [3.8, 4) is 23.8 Å². The van der Waals surface area contributed by atoms with Crippen molar-refractivity contribution in [2.24, 2.45) is 4.99 Å². The van der Waals surface area contributed by atoms with E-state index in [4.69, 9.17) is 25.6 Å². The summed E-state index contributed by atoms with van der Waals surface area (Å²) in [6.45, 7) is 2.03. The molecule has 0 saturated carbocycles. The molecule has 1 aromatic heterocycles. The Kier molecular flexibility index (Phi) is 7.94. The maximum Gasteiger partial charge on any atom is 0.338 e. The van der Waals surface area contributed by atoms with Gasteiger partial charge in [0.1, 0.15) is 18.1 Å². The van der Waals surface area contributed by atoms with Crippen LogP contribution < -0.4 is 24.4 Å². The number of nitrogens with zero attached hydrogens (tertiary/aromatic N) is 2. The van der Waals surface area contributed by atoms with E-state index in [1.807, 2.05) is 60.7 Å². The molecule has 0 amide bonds. The fourth-order valence-electron chi connectivity index (χ4n) is 4.53. The molecule has 1 atom stereocenters. The van der Waals surface area contributed by atoms with Gasteiger partial charge in [-0.15, -0.1) is 6.42 Å². The van der Waals surface area contributed by atoms with Crippen LogP contribution in [0.1, 0.15) is 29.7 Å². The average Bonchev–Trinajstić information content (AvgIpc) is 3.30. The van der Waals surface area contributed by atoms with E-state index in [9.17, 15) is 9.59 Å². The molecule has 0 fully saturated rings. The van der Waals surface area contributed by atoms with Gasteiger partial charge in [0.05, 0.1) is 35.6 Å². The number of benzene rings is 3. The lowest BCUT2D eigenvalue weighted by Crippen LogP contribution is -2.40. The zero-order chi connectivity index (χ0) is 28.1. The number of ether oxygens (including phenoxy) is 3. The van der Waals surface area contributed by atoms with E-state index in [0.29, 0.717) is 32.1 Å². The first kappa shape index (κ1) is 26.7. The molecule has 0 spiro atoms. The summed E-state index contributed by atoms with van der Waals surface area (Å²) in [6.07, 6.45) is 7.14. The summed E-state index contributed by atoms with van der Waals surface area (Å²) in [5.41, 5.74) is 2.63. The molecule has 1 aliphatic heterocycles. The van der Waals surface area contributed by atoms with E-state index in [2.05, 4.69) is 5.92 Å². The predicted molar refractivity (Wildman–Crippen MR) is 155 cm³/mol. The molecule has 0 unspecified atom stereocenters. The summed E-state index contributed by atoms with van der Waals surface area (Å²) in [5.74, 6) is 3.15. The van der Waals surface area contributed by atoms with Gasteiger partial charge in [0.2, 0.25) is 0 Å². The van der Waals surface area contributed by atoms with Crippen molar-refractivity contribution in [3.05, 3.63) is 121 Å². The van der Waals surface area contributed by atoms with Crippen LogP contribution >= 0.6 is 11.3 Å². The normalized spacial score (nSPS) is 14.6. The number of carbonyl (C=O) groups is 1. The third-order valence-electron chi connectivity index (χ3n) is 6.32. The average molecular weight is 551 g/mol. The van der Waals surface area contributed by atoms with Crippen molar-refractivity contribution in [1.82, 2.24) is 4.57 Å². The first-order chi connectivity index (χ1) is 19.5. The largest absolute Gasteiger partial charge is 0.497 e. The summed E-state index contributed by atoms with van der Waals surface area (Å²) >= 11 is 1.24. The van der Waals surface area contributed by atoms with Crippen LogP contribution in [0.4, 0.5) is 0 Å². The van der Waals surface area contributed by atoms with Crippen LogP contribution in [0, 0.1) is 12.3 Å². The minimum absolute atomic E-state index is 0.104. The lowest BCUT2D eigenvalue weighted by Gasteiger charge is -2.26. The van der Waals surface area contributed by atoms with Crippen LogP contribution in [0.2, 0.25) is 0 Å². The Balaban J connectivity index is 1.79. The molecule has 0 N–H and O–H groups in total. The first-order valence-electron chi connectivity index (χ1n) is 12.6. The quantitative estimate of drug-likeness (QED) is 0.245. The summed E-state index contributed by atoms with van der Waals surface area (Å²) < 4.78 is 18.5. The Morgan fingerprint density at radius 3 is 2.50 bits per heavy atom. The highest BCUT2D eigenvalue weighted by Gasteiger charge is 2.35. The van der Waals surface area contributed by atoms with Crippen molar-refractivity contribution in [2.75, 3.05) is 20.3 Å². The molecule has 7 nitrogen and oxygen atoms in total. The Hall–Kier alpha value is -4.87. The van der Waals surface area contributed by atoms with Crippen molar-refractivity contribution in [1.29, 1.82) is 0 Å². The maximum atomic E-state index is 14.0. The molecular weight excluding hydrogens is 524 g/mol. The Labute approximate surface area is 235 Å². The van der Waals surface area contributed by atoms with Crippen molar-refractivity contribution in [2.45, 2.75) is 13.0 Å². The maximum absolute atomic E-state index is 14.0. The molecule has 0 saturated heterocycles. The van der Waals surface area contributed by atoms with Gasteiger partial charge in [-0.2, -0.15) is 0 Å². The van der Waals surface area contributed by atoms with Crippen molar-refractivity contribution in [3.63, 3.8) is 0 Å². The second-order valence-corrected chi connectivity index (χ2v) is 9.74. The Morgan fingerprint density at radius 2 is 1.80 bits per heavy atom. The molecule has 8 heteroatoms. The first-order valence-corrected chi connectivity index (χ1v) is 13.4. The highest BCUT2D eigenvalue weighted by atomic mass is 32.1. The zero-order valence-corrected chi connectivity index (χ0v) is 22.8. The van der Waals surface area contributed by atoms with Gasteiger partial charge in [0, 0.05) is 11.1 Å². The number of hydrogen-bond acceptors (Lipinski definition) is 7. The summed E-state index contributed by atoms with van der Waals surface area (Å²) in [5, 5.41) is 0. The van der Waals surface area contributed by atoms with Crippen LogP contribution in [0.15, 0.2) is 94.2 Å². The number of esters is 1. The smallest absolute Gasteiger partial charge is 0.338 e. The molecule has 5 rings (SSSR count). The van der Waals surface area contributed by atoms with Crippen LogP contribution in [0.25, 0.3) is 11.8 Å². The van der Waals surface area contributed by atoms with Crippen LogP contribution in [-0.2, 0) is 9.53 Å².